The summed E-state index contributed by atoms with van der Waals surface area (Å²) in [5.41, 5.74) is 5.14. The van der Waals surface area contributed by atoms with Crippen LogP contribution in [0, 0.1) is 16.7 Å². The van der Waals surface area contributed by atoms with Crippen molar-refractivity contribution >= 4 is 23.3 Å². The number of nitrogen functional groups attached to an aromatic ring is 1. The van der Waals surface area contributed by atoms with Gasteiger partial charge in [0.15, 0.2) is 5.41 Å². The molecule has 0 aromatic heterocycles. The number of halogens is 1. The van der Waals surface area contributed by atoms with Gasteiger partial charge in [-0.3, -0.25) is 4.79 Å². The molecule has 0 amide bonds. The van der Waals surface area contributed by atoms with Crippen molar-refractivity contribution in [3.63, 3.8) is 0 Å². The molecule has 0 bridgehead atoms. The van der Waals surface area contributed by atoms with E-state index in [9.17, 15) is 4.79 Å². The Bertz CT molecular complexity index is 468. The minimum atomic E-state index is -1.49. The van der Waals surface area contributed by atoms with Crippen molar-refractivity contribution in [2.75, 3.05) is 5.73 Å². The van der Waals surface area contributed by atoms with E-state index < -0.39 is 11.4 Å². The van der Waals surface area contributed by atoms with E-state index in [0.717, 1.165) is 0 Å². The third kappa shape index (κ3) is 2.44. The molecule has 1 rings (SSSR count). The number of nitrogens with two attached hydrogens (primary N) is 1. The average molecular weight is 239 g/mol. The van der Waals surface area contributed by atoms with Gasteiger partial charge < -0.3 is 10.8 Å². The van der Waals surface area contributed by atoms with Crippen molar-refractivity contribution in [1.82, 2.24) is 0 Å². The van der Waals surface area contributed by atoms with Crippen LogP contribution in [0.5, 0.6) is 0 Å². The maximum Gasteiger partial charge on any atom is 0.324 e. The minimum absolute atomic E-state index is 0.0305. The van der Waals surface area contributed by atoms with E-state index in [-0.39, 0.29) is 6.42 Å². The van der Waals surface area contributed by atoms with Crippen molar-refractivity contribution in [1.29, 1.82) is 5.26 Å². The van der Waals surface area contributed by atoms with Crippen molar-refractivity contribution in [2.24, 2.45) is 5.41 Å². The van der Waals surface area contributed by atoms with Crippen LogP contribution in [-0.4, -0.2) is 11.1 Å². The number of nitrogens with zero attached hydrogens (tertiary/aromatic N) is 1. The Morgan fingerprint density at radius 1 is 1.69 bits per heavy atom. The van der Waals surface area contributed by atoms with Crippen LogP contribution in [0.15, 0.2) is 18.2 Å². The molecule has 1 unspecified atom stereocenters. The van der Waals surface area contributed by atoms with E-state index in [2.05, 4.69) is 0 Å². The van der Waals surface area contributed by atoms with E-state index in [0.29, 0.717) is 16.3 Å². The molecule has 0 fully saturated rings. The Balaban J connectivity index is 3.09. The number of aliphatic carboxylic acids is 1. The van der Waals surface area contributed by atoms with Gasteiger partial charge in [0.1, 0.15) is 0 Å². The molecule has 1 aromatic carbocycles. The molecule has 4 nitrogen and oxygen atoms in total. The second-order valence-corrected chi connectivity index (χ2v) is 4.18. The summed E-state index contributed by atoms with van der Waals surface area (Å²) in [5, 5.41) is 18.2. The van der Waals surface area contributed by atoms with Crippen molar-refractivity contribution in [2.45, 2.75) is 13.3 Å². The molecule has 0 heterocycles. The molecular weight excluding hydrogens is 228 g/mol. The van der Waals surface area contributed by atoms with Crippen LogP contribution in [0.3, 0.4) is 0 Å². The topological polar surface area (TPSA) is 87.1 Å². The lowest BCUT2D eigenvalue weighted by atomic mass is 9.85. The van der Waals surface area contributed by atoms with E-state index in [1.54, 1.807) is 24.3 Å². The number of hydrogen-bond acceptors (Lipinski definition) is 3. The molecule has 5 heteroatoms. The van der Waals surface area contributed by atoms with Gasteiger partial charge in [0.05, 0.1) is 6.07 Å². The summed E-state index contributed by atoms with van der Waals surface area (Å²) in [6.45, 7) is 1.36. The van der Waals surface area contributed by atoms with Crippen LogP contribution < -0.4 is 5.73 Å². The van der Waals surface area contributed by atoms with Crippen LogP contribution in [0.4, 0.5) is 5.69 Å². The maximum absolute atomic E-state index is 11.0. The van der Waals surface area contributed by atoms with E-state index in [1.165, 1.54) is 6.92 Å². The third-order valence-electron chi connectivity index (χ3n) is 2.33. The Kier molecular flexibility index (Phi) is 3.41. The highest BCUT2D eigenvalue weighted by molar-refractivity contribution is 6.31. The van der Waals surface area contributed by atoms with Crippen LogP contribution >= 0.6 is 11.6 Å². The van der Waals surface area contributed by atoms with Gasteiger partial charge in [0.25, 0.3) is 0 Å². The molecule has 0 saturated carbocycles. The smallest absolute Gasteiger partial charge is 0.324 e. The first-order valence-electron chi connectivity index (χ1n) is 4.57. The number of nitriles is 1. The predicted octanol–water partition coefficient (Wildman–Crippen LogP) is 2.08. The normalized spacial score (nSPS) is 13.8. The maximum atomic E-state index is 11.0. The fourth-order valence-corrected chi connectivity index (χ4v) is 1.46. The molecule has 3 N–H and O–H groups in total. The Hall–Kier alpha value is -1.73. The first kappa shape index (κ1) is 12.3. The molecule has 1 aromatic rings. The second-order valence-electron chi connectivity index (χ2n) is 3.78. The van der Waals surface area contributed by atoms with E-state index in [1.807, 2.05) is 0 Å². The summed E-state index contributed by atoms with van der Waals surface area (Å²) in [7, 11) is 0. The van der Waals surface area contributed by atoms with Crippen LogP contribution in [-0.2, 0) is 11.2 Å². The van der Waals surface area contributed by atoms with E-state index >= 15 is 0 Å². The number of carbonyl (C=O) groups is 1. The molecule has 84 valence electrons. The summed E-state index contributed by atoms with van der Waals surface area (Å²) in [6, 6.07) is 6.57. The van der Waals surface area contributed by atoms with Gasteiger partial charge >= 0.3 is 5.97 Å². The third-order valence-corrected chi connectivity index (χ3v) is 2.70. The van der Waals surface area contributed by atoms with Crippen molar-refractivity contribution in [3.8, 4) is 6.07 Å². The average Bonchev–Trinajstić information content (AvgIpc) is 2.23. The van der Waals surface area contributed by atoms with Gasteiger partial charge in [-0.2, -0.15) is 5.26 Å². The lowest BCUT2D eigenvalue weighted by Crippen LogP contribution is -2.28. The first-order chi connectivity index (χ1) is 7.39. The van der Waals surface area contributed by atoms with Gasteiger partial charge in [-0.05, 0) is 30.7 Å². The molecule has 16 heavy (non-hydrogen) atoms. The molecule has 0 radical (unpaired) electrons. The number of carboxylic acids is 1. The molecule has 0 spiro atoms. The van der Waals surface area contributed by atoms with Crippen LogP contribution in [0.25, 0.3) is 0 Å². The fourth-order valence-electron chi connectivity index (χ4n) is 1.27. The largest absolute Gasteiger partial charge is 0.480 e. The summed E-state index contributed by atoms with van der Waals surface area (Å²) < 4.78 is 0. The minimum Gasteiger partial charge on any atom is -0.480 e. The number of carboxylic acid groups (broad SMARTS) is 1. The zero-order valence-electron chi connectivity index (χ0n) is 8.70. The van der Waals surface area contributed by atoms with Gasteiger partial charge in [-0.15, -0.1) is 0 Å². The number of hydrogen-bond donors (Lipinski definition) is 2. The van der Waals surface area contributed by atoms with Gasteiger partial charge in [0, 0.05) is 17.1 Å². The quantitative estimate of drug-likeness (QED) is 0.790. The summed E-state index contributed by atoms with van der Waals surface area (Å²) >= 11 is 5.91. The van der Waals surface area contributed by atoms with Crippen molar-refractivity contribution in [3.05, 3.63) is 28.8 Å². The standard InChI is InChI=1S/C11H11ClN2O2/c1-11(6-13,10(15)16)5-7-4-8(14)2-3-9(7)12/h2-4H,5,14H2,1H3,(H,15,16). The SMILES string of the molecule is CC(C#N)(Cc1cc(N)ccc1Cl)C(=O)O. The highest BCUT2D eigenvalue weighted by atomic mass is 35.5. The van der Waals surface area contributed by atoms with Crippen LogP contribution in [0.1, 0.15) is 12.5 Å². The van der Waals surface area contributed by atoms with Crippen molar-refractivity contribution < 1.29 is 9.90 Å². The Labute approximate surface area is 98.2 Å². The van der Waals surface area contributed by atoms with E-state index in [4.69, 9.17) is 27.7 Å². The molecule has 0 aliphatic carbocycles. The summed E-state index contributed by atoms with van der Waals surface area (Å²) in [6.07, 6.45) is 0.0305. The first-order valence-corrected chi connectivity index (χ1v) is 4.95. The second kappa shape index (κ2) is 4.42. The van der Waals surface area contributed by atoms with Gasteiger partial charge in [-0.1, -0.05) is 11.6 Å². The number of benzene rings is 1. The Morgan fingerprint density at radius 3 is 2.81 bits per heavy atom. The molecular formula is C11H11ClN2O2. The highest BCUT2D eigenvalue weighted by Crippen LogP contribution is 2.28. The fraction of sp³-hybridized carbons (Fsp3) is 0.273. The zero-order chi connectivity index (χ0) is 12.3. The van der Waals surface area contributed by atoms with Crippen LogP contribution in [0.2, 0.25) is 5.02 Å². The molecule has 0 aliphatic heterocycles. The van der Waals surface area contributed by atoms with Gasteiger partial charge in [-0.25, -0.2) is 0 Å². The lowest BCUT2D eigenvalue weighted by molar-refractivity contribution is -0.144. The number of rotatable bonds is 3. The zero-order valence-corrected chi connectivity index (χ0v) is 9.45. The summed E-state index contributed by atoms with van der Waals surface area (Å²) in [5.74, 6) is -1.17. The highest BCUT2D eigenvalue weighted by Gasteiger charge is 2.34. The molecule has 1 atom stereocenters. The monoisotopic (exact) mass is 238 g/mol. The summed E-state index contributed by atoms with van der Waals surface area (Å²) in [4.78, 5) is 11.0. The molecule has 0 saturated heterocycles. The predicted molar refractivity (Wildman–Crippen MR) is 60.9 cm³/mol. The lowest BCUT2D eigenvalue weighted by Gasteiger charge is -2.17. The Morgan fingerprint density at radius 2 is 2.31 bits per heavy atom. The number of anilines is 1. The van der Waals surface area contributed by atoms with Gasteiger partial charge in [0.2, 0.25) is 0 Å². The molecule has 0 aliphatic rings.